The van der Waals surface area contributed by atoms with Crippen molar-refractivity contribution in [1.82, 2.24) is 25.1 Å². The Morgan fingerprint density at radius 3 is 2.83 bits per heavy atom. The number of furan rings is 1. The third kappa shape index (κ3) is 2.44. The van der Waals surface area contributed by atoms with Gasteiger partial charge < -0.3 is 4.42 Å². The van der Waals surface area contributed by atoms with Crippen molar-refractivity contribution in [2.24, 2.45) is 0 Å². The van der Waals surface area contributed by atoms with Gasteiger partial charge in [0.25, 0.3) is 0 Å². The van der Waals surface area contributed by atoms with Crippen LogP contribution in [0.1, 0.15) is 0 Å². The van der Waals surface area contributed by atoms with Gasteiger partial charge in [0.2, 0.25) is 15.0 Å². The average Bonchev–Trinajstić information content (AvgIpc) is 3.24. The second kappa shape index (κ2) is 5.24. The zero-order valence-electron chi connectivity index (χ0n) is 12.5. The van der Waals surface area contributed by atoms with E-state index in [0.29, 0.717) is 28.4 Å². The third-order valence-electron chi connectivity index (χ3n) is 3.42. The van der Waals surface area contributed by atoms with Gasteiger partial charge in [0.15, 0.2) is 11.4 Å². The van der Waals surface area contributed by atoms with E-state index in [9.17, 15) is 8.42 Å². The van der Waals surface area contributed by atoms with E-state index in [1.165, 1.54) is 6.20 Å². The largest absolute Gasteiger partial charge is 0.463 e. The first-order valence-corrected chi connectivity index (χ1v) is 8.83. The van der Waals surface area contributed by atoms with Crippen molar-refractivity contribution in [1.29, 1.82) is 0 Å². The van der Waals surface area contributed by atoms with Crippen LogP contribution in [0.4, 0.5) is 0 Å². The fourth-order valence-corrected chi connectivity index (χ4v) is 2.86. The number of aromatic amines is 1. The summed E-state index contributed by atoms with van der Waals surface area (Å²) >= 11 is 0. The molecular weight excluding hydrogens is 330 g/mol. The summed E-state index contributed by atoms with van der Waals surface area (Å²) in [4.78, 5) is 12.5. The van der Waals surface area contributed by atoms with Crippen LogP contribution in [0.2, 0.25) is 0 Å². The number of fused-ring (bicyclic) bond motifs is 1. The Hall–Kier alpha value is -3.07. The molecule has 4 heterocycles. The van der Waals surface area contributed by atoms with Crippen LogP contribution in [0.25, 0.3) is 33.7 Å². The number of nitrogens with one attached hydrogen (secondary N) is 1. The summed E-state index contributed by atoms with van der Waals surface area (Å²) in [6, 6.07) is 6.98. The van der Waals surface area contributed by atoms with Crippen LogP contribution < -0.4 is 0 Å². The Morgan fingerprint density at radius 1 is 1.21 bits per heavy atom. The van der Waals surface area contributed by atoms with Crippen LogP contribution >= 0.6 is 0 Å². The maximum atomic E-state index is 11.7. The first-order chi connectivity index (χ1) is 11.5. The van der Waals surface area contributed by atoms with E-state index in [1.54, 1.807) is 30.7 Å². The molecule has 0 amide bonds. The highest BCUT2D eigenvalue weighted by Gasteiger charge is 2.18. The molecule has 0 saturated heterocycles. The molecule has 0 radical (unpaired) electrons. The number of hydrogen-bond acceptors (Lipinski definition) is 7. The molecule has 0 aromatic carbocycles. The highest BCUT2D eigenvalue weighted by Crippen LogP contribution is 2.32. The van der Waals surface area contributed by atoms with E-state index < -0.39 is 9.84 Å². The molecule has 0 saturated carbocycles. The summed E-state index contributed by atoms with van der Waals surface area (Å²) in [7, 11) is -3.52. The predicted molar refractivity (Wildman–Crippen MR) is 85.7 cm³/mol. The monoisotopic (exact) mass is 341 g/mol. The lowest BCUT2D eigenvalue weighted by Gasteiger charge is -2.07. The molecule has 0 aliphatic rings. The van der Waals surface area contributed by atoms with E-state index in [-0.39, 0.29) is 5.16 Å². The summed E-state index contributed by atoms with van der Waals surface area (Å²) in [5.41, 5.74) is 2.20. The molecule has 9 heteroatoms. The van der Waals surface area contributed by atoms with E-state index in [0.717, 1.165) is 11.6 Å². The molecule has 1 N–H and O–H groups in total. The Balaban J connectivity index is 2.00. The Morgan fingerprint density at radius 2 is 2.08 bits per heavy atom. The van der Waals surface area contributed by atoms with Gasteiger partial charge in [-0.15, -0.1) is 0 Å². The minimum atomic E-state index is -3.52. The minimum Gasteiger partial charge on any atom is -0.463 e. The number of rotatable bonds is 3. The van der Waals surface area contributed by atoms with Crippen LogP contribution in [0.5, 0.6) is 0 Å². The first-order valence-electron chi connectivity index (χ1n) is 6.94. The highest BCUT2D eigenvalue weighted by atomic mass is 32.2. The van der Waals surface area contributed by atoms with Crippen molar-refractivity contribution >= 4 is 20.9 Å². The Bertz CT molecular complexity index is 1130. The molecule has 0 bridgehead atoms. The van der Waals surface area contributed by atoms with Crippen molar-refractivity contribution in [3.05, 3.63) is 42.9 Å². The Labute approximate surface area is 136 Å². The smallest absolute Gasteiger partial charge is 0.247 e. The van der Waals surface area contributed by atoms with Gasteiger partial charge in [-0.1, -0.05) is 0 Å². The van der Waals surface area contributed by atoms with Crippen molar-refractivity contribution in [3.63, 3.8) is 0 Å². The van der Waals surface area contributed by atoms with Crippen molar-refractivity contribution < 1.29 is 12.8 Å². The fraction of sp³-hybridized carbons (Fsp3) is 0.0667. The molecule has 8 nitrogen and oxygen atoms in total. The van der Waals surface area contributed by atoms with E-state index in [2.05, 4.69) is 25.1 Å². The molecule has 0 aliphatic carbocycles. The van der Waals surface area contributed by atoms with Crippen LogP contribution in [0.15, 0.2) is 52.5 Å². The lowest BCUT2D eigenvalue weighted by Crippen LogP contribution is -2.04. The maximum absolute atomic E-state index is 11.7. The summed E-state index contributed by atoms with van der Waals surface area (Å²) in [5, 5.41) is 7.31. The van der Waals surface area contributed by atoms with Gasteiger partial charge in [0.05, 0.1) is 18.2 Å². The normalized spacial score (nSPS) is 11.9. The minimum absolute atomic E-state index is 0.238. The van der Waals surface area contributed by atoms with Crippen molar-refractivity contribution in [3.8, 4) is 22.7 Å². The number of aromatic nitrogens is 5. The molecule has 120 valence electrons. The number of nitrogens with zero attached hydrogens (tertiary/aromatic N) is 4. The summed E-state index contributed by atoms with van der Waals surface area (Å²) < 4.78 is 28.9. The van der Waals surface area contributed by atoms with Gasteiger partial charge >= 0.3 is 0 Å². The molecule has 0 aliphatic heterocycles. The highest BCUT2D eigenvalue weighted by molar-refractivity contribution is 7.90. The van der Waals surface area contributed by atoms with Crippen LogP contribution in [-0.2, 0) is 9.84 Å². The van der Waals surface area contributed by atoms with Crippen LogP contribution in [-0.4, -0.2) is 39.8 Å². The standard InChI is InChI=1S/C15H11N5O3S/c1-24(21,22)15-16-5-4-11(18-15)10-7-9-8-17-20-14(9)19-13(10)12-3-2-6-23-12/h2-8H,1H3,(H,17,19,20). The molecule has 4 aromatic rings. The number of sulfone groups is 1. The van der Waals surface area contributed by atoms with Gasteiger partial charge in [-0.3, -0.25) is 5.10 Å². The SMILES string of the molecule is CS(=O)(=O)c1nccc(-c2cc3cn[nH]c3nc2-c2ccco2)n1. The first kappa shape index (κ1) is 14.5. The van der Waals surface area contributed by atoms with Crippen molar-refractivity contribution in [2.45, 2.75) is 5.16 Å². The second-order valence-electron chi connectivity index (χ2n) is 5.17. The predicted octanol–water partition coefficient (Wildman–Crippen LogP) is 2.08. The van der Waals surface area contributed by atoms with Crippen LogP contribution in [0, 0.1) is 0 Å². The molecule has 24 heavy (non-hydrogen) atoms. The summed E-state index contributed by atoms with van der Waals surface area (Å²) in [5.74, 6) is 0.543. The molecule has 0 spiro atoms. The third-order valence-corrected chi connectivity index (χ3v) is 4.28. The van der Waals surface area contributed by atoms with Crippen LogP contribution in [0.3, 0.4) is 0 Å². The molecule has 4 rings (SSSR count). The average molecular weight is 341 g/mol. The lowest BCUT2D eigenvalue weighted by atomic mass is 10.1. The molecule has 0 fully saturated rings. The van der Waals surface area contributed by atoms with Gasteiger partial charge in [-0.25, -0.2) is 23.4 Å². The van der Waals surface area contributed by atoms with E-state index >= 15 is 0 Å². The Kier molecular flexibility index (Phi) is 3.17. The van der Waals surface area contributed by atoms with Gasteiger partial charge in [-0.2, -0.15) is 5.10 Å². The van der Waals surface area contributed by atoms with E-state index in [1.807, 2.05) is 6.07 Å². The lowest BCUT2D eigenvalue weighted by molar-refractivity contribution is 0.580. The van der Waals surface area contributed by atoms with Crippen molar-refractivity contribution in [2.75, 3.05) is 6.26 Å². The topological polar surface area (TPSA) is 115 Å². The summed E-state index contributed by atoms with van der Waals surface area (Å²) in [6.45, 7) is 0. The zero-order valence-corrected chi connectivity index (χ0v) is 13.3. The molecular formula is C15H11N5O3S. The summed E-state index contributed by atoms with van der Waals surface area (Å²) in [6.07, 6.45) is 5.65. The van der Waals surface area contributed by atoms with Gasteiger partial charge in [0, 0.05) is 23.4 Å². The molecule has 0 unspecified atom stereocenters. The van der Waals surface area contributed by atoms with Gasteiger partial charge in [-0.05, 0) is 24.3 Å². The number of hydrogen-bond donors (Lipinski definition) is 1. The number of H-pyrrole nitrogens is 1. The molecule has 0 atom stereocenters. The zero-order chi connectivity index (χ0) is 16.7. The fourth-order valence-electron chi connectivity index (χ4n) is 2.35. The maximum Gasteiger partial charge on any atom is 0.247 e. The quantitative estimate of drug-likeness (QED) is 0.567. The second-order valence-corrected chi connectivity index (χ2v) is 7.08. The van der Waals surface area contributed by atoms with E-state index in [4.69, 9.17) is 4.42 Å². The number of pyridine rings is 1. The van der Waals surface area contributed by atoms with Gasteiger partial charge in [0.1, 0.15) is 5.69 Å². The molecule has 4 aromatic heterocycles.